The average molecular weight is 593 g/mol. The van der Waals surface area contributed by atoms with Crippen molar-refractivity contribution < 1.29 is 28.9 Å². The van der Waals surface area contributed by atoms with Gasteiger partial charge in [0.15, 0.2) is 11.5 Å². The van der Waals surface area contributed by atoms with Crippen molar-refractivity contribution in [2.45, 2.75) is 45.9 Å². The van der Waals surface area contributed by atoms with Gasteiger partial charge in [-0.05, 0) is 84.1 Å². The van der Waals surface area contributed by atoms with Crippen LogP contribution in [-0.2, 0) is 22.7 Å². The molecule has 1 N–H and O–H groups in total. The Bertz CT molecular complexity index is 1650. The van der Waals surface area contributed by atoms with Gasteiger partial charge in [0.2, 0.25) is 0 Å². The van der Waals surface area contributed by atoms with Crippen molar-refractivity contribution in [3.63, 3.8) is 0 Å². The van der Waals surface area contributed by atoms with Crippen LogP contribution in [-0.4, -0.2) is 40.4 Å². The summed E-state index contributed by atoms with van der Waals surface area (Å²) in [5.41, 5.74) is 4.01. The minimum Gasteiger partial charge on any atom is -0.507 e. The number of carbonyl (C=O) groups excluding carboxylic acids is 2. The largest absolute Gasteiger partial charge is 0.507 e. The molecule has 1 aliphatic heterocycles. The molecular weight excluding hydrogens is 556 g/mol. The summed E-state index contributed by atoms with van der Waals surface area (Å²) in [6.45, 7) is 5.21. The number of likely N-dealkylation sites (tertiary alicyclic amines) is 1. The molecule has 0 aliphatic carbocycles. The molecule has 1 unspecified atom stereocenters. The lowest BCUT2D eigenvalue weighted by Crippen LogP contribution is -2.29. The number of hydrogen-bond donors (Lipinski definition) is 1. The fraction of sp³-hybridized carbons (Fsp3) is 0.250. The number of rotatable bonds is 12. The molecule has 0 saturated carbocycles. The van der Waals surface area contributed by atoms with E-state index in [2.05, 4.69) is 11.9 Å². The third-order valence-electron chi connectivity index (χ3n) is 7.68. The first-order valence-electron chi connectivity index (χ1n) is 14.7. The quantitative estimate of drug-likeness (QED) is 0.0838. The summed E-state index contributed by atoms with van der Waals surface area (Å²) in [7, 11) is 1.54. The van der Waals surface area contributed by atoms with Gasteiger partial charge in [-0.2, -0.15) is 0 Å². The van der Waals surface area contributed by atoms with Crippen LogP contribution in [0.15, 0.2) is 96.8 Å². The number of aryl methyl sites for hydroxylation is 1. The Morgan fingerprint density at radius 3 is 2.39 bits per heavy atom. The van der Waals surface area contributed by atoms with Crippen molar-refractivity contribution in [1.82, 2.24) is 9.88 Å². The summed E-state index contributed by atoms with van der Waals surface area (Å²) in [5.74, 6) is -0.0704. The number of methoxy groups -OCH3 is 1. The number of Topliss-reactive ketones (excluding diaryl/α,β-unsaturated/α-hetero) is 1. The van der Waals surface area contributed by atoms with Gasteiger partial charge in [-0.25, -0.2) is 0 Å². The van der Waals surface area contributed by atoms with Crippen LogP contribution in [0, 0.1) is 6.92 Å². The molecule has 3 aromatic carbocycles. The predicted molar refractivity (Wildman–Crippen MR) is 167 cm³/mol. The summed E-state index contributed by atoms with van der Waals surface area (Å²) in [6.07, 6.45) is 5.15. The molecule has 1 aromatic heterocycles. The zero-order chi connectivity index (χ0) is 31.1. The third kappa shape index (κ3) is 6.59. The second-order valence-electron chi connectivity index (χ2n) is 10.6. The number of amides is 1. The molecule has 1 aliphatic rings. The smallest absolute Gasteiger partial charge is 0.295 e. The minimum absolute atomic E-state index is 0.000612. The number of benzene rings is 3. The fourth-order valence-corrected chi connectivity index (χ4v) is 5.17. The molecule has 44 heavy (non-hydrogen) atoms. The van der Waals surface area contributed by atoms with Gasteiger partial charge in [-0.3, -0.25) is 14.6 Å². The summed E-state index contributed by atoms with van der Waals surface area (Å²) in [5, 5.41) is 11.6. The molecule has 1 atom stereocenters. The number of hydrogen-bond acceptors (Lipinski definition) is 7. The van der Waals surface area contributed by atoms with E-state index in [1.165, 1.54) is 4.90 Å². The topological polar surface area (TPSA) is 98.2 Å². The Kier molecular flexibility index (Phi) is 9.59. The number of aromatic nitrogens is 1. The SMILES string of the molecule is CCCCOc1ccc(C2C(=C(O)c3ccc(OCc4ccccc4C)cc3)C(=O)C(=O)N2Cc2ccncc2)cc1OC. The van der Waals surface area contributed by atoms with Crippen LogP contribution in [0.3, 0.4) is 0 Å². The number of pyridine rings is 1. The van der Waals surface area contributed by atoms with Crippen LogP contribution in [0.2, 0.25) is 0 Å². The van der Waals surface area contributed by atoms with Crippen LogP contribution >= 0.6 is 0 Å². The molecule has 4 aromatic rings. The van der Waals surface area contributed by atoms with E-state index >= 15 is 0 Å². The highest BCUT2D eigenvalue weighted by molar-refractivity contribution is 6.46. The molecular formula is C36H36N2O6. The Morgan fingerprint density at radius 2 is 1.68 bits per heavy atom. The van der Waals surface area contributed by atoms with Gasteiger partial charge in [0.25, 0.3) is 11.7 Å². The molecule has 5 rings (SSSR count). The number of ketones is 1. The van der Waals surface area contributed by atoms with Gasteiger partial charge in [-0.1, -0.05) is 43.7 Å². The Morgan fingerprint density at radius 1 is 0.932 bits per heavy atom. The van der Waals surface area contributed by atoms with Crippen LogP contribution in [0.1, 0.15) is 53.6 Å². The first-order valence-corrected chi connectivity index (χ1v) is 14.7. The van der Waals surface area contributed by atoms with Crippen LogP contribution < -0.4 is 14.2 Å². The van der Waals surface area contributed by atoms with Crippen molar-refractivity contribution in [3.05, 3.63) is 125 Å². The van der Waals surface area contributed by atoms with Crippen molar-refractivity contribution >= 4 is 17.4 Å². The zero-order valence-corrected chi connectivity index (χ0v) is 25.2. The lowest BCUT2D eigenvalue weighted by atomic mass is 9.94. The normalized spacial score (nSPS) is 15.8. The number of ether oxygens (including phenoxy) is 3. The highest BCUT2D eigenvalue weighted by atomic mass is 16.5. The van der Waals surface area contributed by atoms with Gasteiger partial charge in [0, 0.05) is 24.5 Å². The van der Waals surface area contributed by atoms with E-state index in [4.69, 9.17) is 14.2 Å². The van der Waals surface area contributed by atoms with Crippen molar-refractivity contribution in [2.24, 2.45) is 0 Å². The van der Waals surface area contributed by atoms with E-state index in [1.54, 1.807) is 74.1 Å². The van der Waals surface area contributed by atoms with E-state index in [0.717, 1.165) is 29.5 Å². The second kappa shape index (κ2) is 13.9. The maximum Gasteiger partial charge on any atom is 0.295 e. The van der Waals surface area contributed by atoms with Crippen molar-refractivity contribution in [2.75, 3.05) is 13.7 Å². The maximum atomic E-state index is 13.6. The van der Waals surface area contributed by atoms with Gasteiger partial charge in [-0.15, -0.1) is 0 Å². The molecule has 1 saturated heterocycles. The molecule has 0 bridgehead atoms. The summed E-state index contributed by atoms with van der Waals surface area (Å²) in [4.78, 5) is 32.6. The van der Waals surface area contributed by atoms with E-state index in [0.29, 0.717) is 41.6 Å². The van der Waals surface area contributed by atoms with Crippen molar-refractivity contribution in [3.8, 4) is 17.2 Å². The van der Waals surface area contributed by atoms with E-state index < -0.39 is 17.7 Å². The van der Waals surface area contributed by atoms with Gasteiger partial charge in [0.05, 0.1) is 25.3 Å². The lowest BCUT2D eigenvalue weighted by molar-refractivity contribution is -0.140. The number of aliphatic hydroxyl groups excluding tert-OH is 1. The Labute approximate surface area is 257 Å². The number of carbonyl (C=O) groups is 2. The summed E-state index contributed by atoms with van der Waals surface area (Å²) < 4.78 is 17.5. The maximum absolute atomic E-state index is 13.6. The molecule has 1 fully saturated rings. The fourth-order valence-electron chi connectivity index (χ4n) is 5.17. The third-order valence-corrected chi connectivity index (χ3v) is 7.68. The number of nitrogens with zero attached hydrogens (tertiary/aromatic N) is 2. The van der Waals surface area contributed by atoms with Crippen LogP contribution in [0.5, 0.6) is 17.2 Å². The van der Waals surface area contributed by atoms with Gasteiger partial charge >= 0.3 is 0 Å². The highest BCUT2D eigenvalue weighted by Crippen LogP contribution is 2.43. The molecule has 0 radical (unpaired) electrons. The highest BCUT2D eigenvalue weighted by Gasteiger charge is 2.46. The Hall–Kier alpha value is -5.11. The predicted octanol–water partition coefficient (Wildman–Crippen LogP) is 6.78. The summed E-state index contributed by atoms with van der Waals surface area (Å²) >= 11 is 0. The first kappa shape index (κ1) is 30.4. The number of aliphatic hydroxyl groups is 1. The standard InChI is InChI=1S/C36H36N2O6/c1-4-5-20-43-30-15-12-27(21-31(30)42-3)33-32(35(40)36(41)38(33)22-25-16-18-37-19-17-25)34(39)26-10-13-29(14-11-26)44-23-28-9-7-6-8-24(28)2/h6-19,21,33,39H,4-5,20,22-23H2,1-3H3. The van der Waals surface area contributed by atoms with Crippen LogP contribution in [0.4, 0.5) is 0 Å². The van der Waals surface area contributed by atoms with Gasteiger partial charge < -0.3 is 24.2 Å². The number of unbranched alkanes of at least 4 members (excludes halogenated alkanes) is 1. The molecule has 8 heteroatoms. The lowest BCUT2D eigenvalue weighted by Gasteiger charge is -2.26. The minimum atomic E-state index is -0.862. The molecule has 2 heterocycles. The molecule has 226 valence electrons. The Balaban J connectivity index is 1.50. The van der Waals surface area contributed by atoms with Crippen molar-refractivity contribution in [1.29, 1.82) is 0 Å². The van der Waals surface area contributed by atoms with E-state index in [-0.39, 0.29) is 17.9 Å². The average Bonchev–Trinajstić information content (AvgIpc) is 3.30. The van der Waals surface area contributed by atoms with E-state index in [9.17, 15) is 14.7 Å². The monoisotopic (exact) mass is 592 g/mol. The second-order valence-corrected chi connectivity index (χ2v) is 10.6. The van der Waals surface area contributed by atoms with E-state index in [1.807, 2.05) is 31.2 Å². The molecule has 1 amide bonds. The van der Waals surface area contributed by atoms with Gasteiger partial charge in [0.1, 0.15) is 18.1 Å². The zero-order valence-electron chi connectivity index (χ0n) is 25.2. The molecule has 8 nitrogen and oxygen atoms in total. The summed E-state index contributed by atoms with van der Waals surface area (Å²) in [6, 6.07) is 22.9. The first-order chi connectivity index (χ1) is 21.4. The molecule has 0 spiro atoms. The van der Waals surface area contributed by atoms with Crippen LogP contribution in [0.25, 0.3) is 5.76 Å².